The number of ether oxygens (including phenoxy) is 1. The second kappa shape index (κ2) is 7.37. The summed E-state index contributed by atoms with van der Waals surface area (Å²) in [5.41, 5.74) is 5.58. The van der Waals surface area contributed by atoms with Crippen molar-refractivity contribution in [2.24, 2.45) is 0 Å². The lowest BCUT2D eigenvalue weighted by Crippen LogP contribution is -2.39. The van der Waals surface area contributed by atoms with Crippen LogP contribution in [0.25, 0.3) is 0 Å². The molecule has 0 saturated carbocycles. The van der Waals surface area contributed by atoms with E-state index < -0.39 is 6.04 Å². The van der Waals surface area contributed by atoms with Gasteiger partial charge in [-0.2, -0.15) is 0 Å². The summed E-state index contributed by atoms with van der Waals surface area (Å²) in [6, 6.07) is 0.964. The monoisotopic (exact) mass is 306 g/mol. The van der Waals surface area contributed by atoms with Gasteiger partial charge in [0.2, 0.25) is 5.91 Å². The molecule has 1 aromatic heterocycles. The van der Waals surface area contributed by atoms with Crippen LogP contribution in [0.15, 0.2) is 6.07 Å². The van der Waals surface area contributed by atoms with Crippen molar-refractivity contribution < 1.29 is 9.53 Å². The Morgan fingerprint density at radius 3 is 2.84 bits per heavy atom. The number of hydrogen-bond donors (Lipinski definition) is 3. The van der Waals surface area contributed by atoms with Gasteiger partial charge in [0, 0.05) is 13.7 Å². The van der Waals surface area contributed by atoms with Crippen molar-refractivity contribution in [1.29, 1.82) is 0 Å². The van der Waals surface area contributed by atoms with Gasteiger partial charge in [-0.3, -0.25) is 4.79 Å². The summed E-state index contributed by atoms with van der Waals surface area (Å²) < 4.78 is 4.84. The van der Waals surface area contributed by atoms with Gasteiger partial charge in [0.15, 0.2) is 0 Å². The zero-order valence-corrected chi connectivity index (χ0v) is 12.2. The number of anilines is 2. The molecule has 0 fully saturated rings. The maximum absolute atomic E-state index is 11.7. The highest BCUT2D eigenvalue weighted by Gasteiger charge is 2.15. The van der Waals surface area contributed by atoms with Gasteiger partial charge in [-0.05, 0) is 13.0 Å². The van der Waals surface area contributed by atoms with Gasteiger partial charge >= 0.3 is 0 Å². The summed E-state index contributed by atoms with van der Waals surface area (Å²) in [4.78, 5) is 15.7. The normalized spacial score (nSPS) is 12.0. The number of nitrogens with one attached hydrogen (secondary N) is 2. The summed E-state index contributed by atoms with van der Waals surface area (Å²) in [6.07, 6.45) is 0. The minimum atomic E-state index is -0.512. The number of pyridine rings is 1. The minimum Gasteiger partial charge on any atom is -0.383 e. The van der Waals surface area contributed by atoms with Crippen molar-refractivity contribution in [3.8, 4) is 0 Å². The second-order valence-electron chi connectivity index (χ2n) is 3.84. The van der Waals surface area contributed by atoms with Crippen molar-refractivity contribution in [3.63, 3.8) is 0 Å². The molecule has 8 heteroatoms. The molecule has 106 valence electrons. The van der Waals surface area contributed by atoms with Crippen LogP contribution in [0.1, 0.15) is 6.92 Å². The lowest BCUT2D eigenvalue weighted by molar-refractivity contribution is -0.121. The van der Waals surface area contributed by atoms with Crippen LogP contribution in [0, 0.1) is 0 Å². The van der Waals surface area contributed by atoms with Crippen molar-refractivity contribution in [3.05, 3.63) is 16.1 Å². The number of carbonyl (C=O) groups excluding carboxylic acids is 1. The Labute approximate surface area is 121 Å². The molecule has 1 aromatic rings. The van der Waals surface area contributed by atoms with E-state index in [-0.39, 0.29) is 16.7 Å². The summed E-state index contributed by atoms with van der Waals surface area (Å²) >= 11 is 11.7. The smallest absolute Gasteiger partial charge is 0.242 e. The van der Waals surface area contributed by atoms with E-state index in [9.17, 15) is 4.79 Å². The van der Waals surface area contributed by atoms with E-state index in [1.54, 1.807) is 14.0 Å². The molecule has 0 aliphatic rings. The molecule has 1 amide bonds. The van der Waals surface area contributed by atoms with E-state index >= 15 is 0 Å². The molecule has 4 N–H and O–H groups in total. The average Bonchev–Trinajstić information content (AvgIpc) is 2.36. The zero-order valence-electron chi connectivity index (χ0n) is 10.7. The van der Waals surface area contributed by atoms with Gasteiger partial charge < -0.3 is 21.1 Å². The highest BCUT2D eigenvalue weighted by atomic mass is 35.5. The van der Waals surface area contributed by atoms with Crippen LogP contribution in [0.3, 0.4) is 0 Å². The Bertz CT molecular complexity index is 457. The molecule has 1 rings (SSSR count). The van der Waals surface area contributed by atoms with E-state index in [1.807, 2.05) is 0 Å². The largest absolute Gasteiger partial charge is 0.383 e. The van der Waals surface area contributed by atoms with Crippen molar-refractivity contribution in [1.82, 2.24) is 10.3 Å². The van der Waals surface area contributed by atoms with E-state index in [4.69, 9.17) is 33.7 Å². The maximum atomic E-state index is 11.7. The number of rotatable bonds is 6. The average molecular weight is 307 g/mol. The van der Waals surface area contributed by atoms with Gasteiger partial charge in [0.25, 0.3) is 0 Å². The lowest BCUT2D eigenvalue weighted by Gasteiger charge is -2.16. The summed E-state index contributed by atoms with van der Waals surface area (Å²) in [5, 5.41) is 6.14. The van der Waals surface area contributed by atoms with Gasteiger partial charge in [-0.1, -0.05) is 23.2 Å². The van der Waals surface area contributed by atoms with Crippen LogP contribution in [-0.2, 0) is 9.53 Å². The molecule has 19 heavy (non-hydrogen) atoms. The molecule has 0 spiro atoms. The standard InChI is InChI=1S/C11H16Cl2N4O2/c1-6(11(18)15-3-4-19-2)16-10-8(13)5-7(12)9(14)17-10/h5-6H,3-4H2,1-2H3,(H,15,18)(H3,14,16,17). The molecule has 1 unspecified atom stereocenters. The number of nitrogens with zero attached hydrogens (tertiary/aromatic N) is 1. The second-order valence-corrected chi connectivity index (χ2v) is 4.65. The fourth-order valence-electron chi connectivity index (χ4n) is 1.28. The summed E-state index contributed by atoms with van der Waals surface area (Å²) in [5.74, 6) is 0.280. The Kier molecular flexibility index (Phi) is 6.14. The van der Waals surface area contributed by atoms with E-state index in [1.165, 1.54) is 6.07 Å². The van der Waals surface area contributed by atoms with Crippen LogP contribution in [0.4, 0.5) is 11.6 Å². The van der Waals surface area contributed by atoms with Gasteiger partial charge in [-0.25, -0.2) is 4.98 Å². The van der Waals surface area contributed by atoms with Gasteiger partial charge in [0.1, 0.15) is 17.7 Å². The number of methoxy groups -OCH3 is 1. The molecule has 1 heterocycles. The Morgan fingerprint density at radius 2 is 2.21 bits per heavy atom. The highest BCUT2D eigenvalue weighted by molar-refractivity contribution is 6.37. The number of halogens is 2. The van der Waals surface area contributed by atoms with Crippen LogP contribution in [0.5, 0.6) is 0 Å². The Hall–Kier alpha value is -1.24. The van der Waals surface area contributed by atoms with Gasteiger partial charge in [-0.15, -0.1) is 0 Å². The molecular formula is C11H16Cl2N4O2. The maximum Gasteiger partial charge on any atom is 0.242 e. The first-order chi connectivity index (χ1) is 8.95. The molecule has 1 atom stereocenters. The van der Waals surface area contributed by atoms with Crippen molar-refractivity contribution in [2.45, 2.75) is 13.0 Å². The van der Waals surface area contributed by atoms with E-state index in [0.29, 0.717) is 24.0 Å². The van der Waals surface area contributed by atoms with Gasteiger partial charge in [0.05, 0.1) is 16.7 Å². The predicted molar refractivity (Wildman–Crippen MR) is 76.6 cm³/mol. The molecule has 0 bridgehead atoms. The zero-order chi connectivity index (χ0) is 14.4. The molecule has 0 saturated heterocycles. The first kappa shape index (κ1) is 15.8. The summed E-state index contributed by atoms with van der Waals surface area (Å²) in [7, 11) is 1.56. The van der Waals surface area contributed by atoms with Crippen LogP contribution in [0.2, 0.25) is 10.0 Å². The third kappa shape index (κ3) is 4.74. The van der Waals surface area contributed by atoms with Crippen LogP contribution < -0.4 is 16.4 Å². The highest BCUT2D eigenvalue weighted by Crippen LogP contribution is 2.27. The number of aromatic nitrogens is 1. The lowest BCUT2D eigenvalue weighted by atomic mass is 10.3. The quantitative estimate of drug-likeness (QED) is 0.694. The fourth-order valence-corrected chi connectivity index (χ4v) is 1.70. The molecule has 0 radical (unpaired) electrons. The SMILES string of the molecule is COCCNC(=O)C(C)Nc1nc(N)c(Cl)cc1Cl. The van der Waals surface area contributed by atoms with E-state index in [0.717, 1.165) is 0 Å². The minimum absolute atomic E-state index is 0.153. The topological polar surface area (TPSA) is 89.3 Å². The first-order valence-electron chi connectivity index (χ1n) is 5.60. The molecular weight excluding hydrogens is 291 g/mol. The van der Waals surface area contributed by atoms with E-state index in [2.05, 4.69) is 15.6 Å². The molecule has 6 nitrogen and oxygen atoms in total. The van der Waals surface area contributed by atoms with Crippen molar-refractivity contribution in [2.75, 3.05) is 31.3 Å². The number of hydrogen-bond acceptors (Lipinski definition) is 5. The molecule has 0 aliphatic heterocycles. The Balaban J connectivity index is 2.63. The van der Waals surface area contributed by atoms with Crippen LogP contribution >= 0.6 is 23.2 Å². The number of carbonyl (C=O) groups is 1. The first-order valence-corrected chi connectivity index (χ1v) is 6.36. The third-order valence-electron chi connectivity index (χ3n) is 2.31. The predicted octanol–water partition coefficient (Wildman–Crippen LogP) is 1.53. The Morgan fingerprint density at radius 1 is 1.53 bits per heavy atom. The van der Waals surface area contributed by atoms with Crippen molar-refractivity contribution >= 4 is 40.7 Å². The number of nitrogens with two attached hydrogens (primary N) is 1. The summed E-state index contributed by atoms with van der Waals surface area (Å²) in [6.45, 7) is 2.57. The fraction of sp³-hybridized carbons (Fsp3) is 0.455. The number of nitrogen functional groups attached to an aromatic ring is 1. The third-order valence-corrected chi connectivity index (χ3v) is 2.90. The molecule has 0 aliphatic carbocycles. The number of amides is 1. The molecule has 0 aromatic carbocycles. The van der Waals surface area contributed by atoms with Crippen LogP contribution in [-0.4, -0.2) is 37.2 Å².